The molecular weight excluding hydrogens is 368 g/mol. The molecule has 0 atom stereocenters. The molecule has 0 aromatic heterocycles. The van der Waals surface area contributed by atoms with E-state index in [0.717, 1.165) is 16.3 Å². The minimum Gasteiger partial charge on any atom is -0.493 e. The summed E-state index contributed by atoms with van der Waals surface area (Å²) in [5, 5.41) is 4.95. The third-order valence-electron chi connectivity index (χ3n) is 4.71. The first-order valence-corrected chi connectivity index (χ1v) is 9.23. The maximum absolute atomic E-state index is 12.4. The Morgan fingerprint density at radius 2 is 1.62 bits per heavy atom. The number of ether oxygens (including phenoxy) is 2. The largest absolute Gasteiger partial charge is 0.493 e. The second-order valence-electron chi connectivity index (χ2n) is 6.68. The van der Waals surface area contributed by atoms with E-state index < -0.39 is 0 Å². The Morgan fingerprint density at radius 3 is 2.34 bits per heavy atom. The number of carbonyl (C=O) groups is 2. The van der Waals surface area contributed by atoms with Crippen LogP contribution < -0.4 is 14.8 Å². The number of rotatable bonds is 7. The summed E-state index contributed by atoms with van der Waals surface area (Å²) in [6, 6.07) is 19.1. The molecule has 29 heavy (non-hydrogen) atoms. The molecule has 3 rings (SSSR count). The van der Waals surface area contributed by atoms with Gasteiger partial charge in [-0.05, 0) is 40.6 Å². The number of hydrogen-bond acceptors (Lipinski definition) is 4. The Balaban J connectivity index is 1.58. The maximum atomic E-state index is 12.4. The normalized spacial score (nSPS) is 10.4. The minimum atomic E-state index is -0.349. The Bertz CT molecular complexity index is 1030. The second-order valence-corrected chi connectivity index (χ2v) is 6.68. The van der Waals surface area contributed by atoms with E-state index in [1.54, 1.807) is 30.1 Å². The van der Waals surface area contributed by atoms with Crippen molar-refractivity contribution in [2.45, 2.75) is 6.54 Å². The van der Waals surface area contributed by atoms with E-state index in [4.69, 9.17) is 9.47 Å². The summed E-state index contributed by atoms with van der Waals surface area (Å²) in [6.45, 7) is 0.382. The second kappa shape index (κ2) is 9.10. The van der Waals surface area contributed by atoms with Crippen molar-refractivity contribution in [2.75, 3.05) is 27.8 Å². The van der Waals surface area contributed by atoms with Gasteiger partial charge in [0.25, 0.3) is 5.91 Å². The molecule has 0 saturated heterocycles. The first kappa shape index (κ1) is 20.2. The van der Waals surface area contributed by atoms with Gasteiger partial charge in [0.1, 0.15) is 0 Å². The topological polar surface area (TPSA) is 67.9 Å². The molecule has 150 valence electrons. The van der Waals surface area contributed by atoms with E-state index in [1.807, 2.05) is 30.3 Å². The number of likely N-dealkylation sites (N-methyl/N-ethyl adjacent to an activating group) is 1. The minimum absolute atomic E-state index is 0.0861. The van der Waals surface area contributed by atoms with Crippen molar-refractivity contribution in [3.8, 4) is 11.5 Å². The SMILES string of the molecule is COc1ccc(C(=O)NCC(=O)N(C)Cc2ccc3ccccc3c2)cc1OC. The summed E-state index contributed by atoms with van der Waals surface area (Å²) in [4.78, 5) is 26.4. The maximum Gasteiger partial charge on any atom is 0.251 e. The predicted molar refractivity (Wildman–Crippen MR) is 112 cm³/mol. The van der Waals surface area contributed by atoms with E-state index in [2.05, 4.69) is 17.4 Å². The molecule has 0 saturated carbocycles. The molecule has 0 aliphatic carbocycles. The van der Waals surface area contributed by atoms with E-state index in [0.29, 0.717) is 23.6 Å². The van der Waals surface area contributed by atoms with Crippen LogP contribution in [0.25, 0.3) is 10.8 Å². The highest BCUT2D eigenvalue weighted by atomic mass is 16.5. The summed E-state index contributed by atoms with van der Waals surface area (Å²) < 4.78 is 10.4. The molecule has 2 amide bonds. The van der Waals surface area contributed by atoms with Crippen molar-refractivity contribution < 1.29 is 19.1 Å². The number of hydrogen-bond donors (Lipinski definition) is 1. The fourth-order valence-corrected chi connectivity index (χ4v) is 3.07. The summed E-state index contributed by atoms with van der Waals surface area (Å²) >= 11 is 0. The molecule has 0 heterocycles. The molecule has 6 nitrogen and oxygen atoms in total. The van der Waals surface area contributed by atoms with Gasteiger partial charge >= 0.3 is 0 Å². The van der Waals surface area contributed by atoms with Gasteiger partial charge in [-0.25, -0.2) is 0 Å². The van der Waals surface area contributed by atoms with Gasteiger partial charge in [-0.1, -0.05) is 36.4 Å². The Hall–Kier alpha value is -3.54. The summed E-state index contributed by atoms with van der Waals surface area (Å²) in [6.07, 6.45) is 0. The smallest absolute Gasteiger partial charge is 0.251 e. The number of benzene rings is 3. The van der Waals surface area contributed by atoms with Crippen LogP contribution in [0.2, 0.25) is 0 Å². The van der Waals surface area contributed by atoms with Crippen LogP contribution >= 0.6 is 0 Å². The molecule has 0 spiro atoms. The number of fused-ring (bicyclic) bond motifs is 1. The van der Waals surface area contributed by atoms with Crippen molar-refractivity contribution >= 4 is 22.6 Å². The van der Waals surface area contributed by atoms with Crippen molar-refractivity contribution in [1.29, 1.82) is 0 Å². The van der Waals surface area contributed by atoms with Crippen LogP contribution in [0.4, 0.5) is 0 Å². The Morgan fingerprint density at radius 1 is 0.897 bits per heavy atom. The third kappa shape index (κ3) is 4.85. The van der Waals surface area contributed by atoms with Crippen molar-refractivity contribution in [2.24, 2.45) is 0 Å². The zero-order valence-corrected chi connectivity index (χ0v) is 16.8. The molecule has 3 aromatic rings. The number of nitrogens with zero attached hydrogens (tertiary/aromatic N) is 1. The molecule has 0 aliphatic heterocycles. The predicted octanol–water partition coefficient (Wildman–Crippen LogP) is 3.25. The van der Waals surface area contributed by atoms with Gasteiger partial charge in [-0.2, -0.15) is 0 Å². The van der Waals surface area contributed by atoms with Gasteiger partial charge in [0, 0.05) is 19.2 Å². The zero-order valence-electron chi connectivity index (χ0n) is 16.8. The monoisotopic (exact) mass is 392 g/mol. The quantitative estimate of drug-likeness (QED) is 0.670. The molecule has 0 unspecified atom stereocenters. The Labute approximate surface area is 170 Å². The molecule has 0 fully saturated rings. The van der Waals surface area contributed by atoms with Crippen molar-refractivity contribution in [1.82, 2.24) is 10.2 Å². The van der Waals surface area contributed by atoms with Crippen molar-refractivity contribution in [3.05, 3.63) is 71.8 Å². The number of nitrogens with one attached hydrogen (secondary N) is 1. The van der Waals surface area contributed by atoms with Crippen LogP contribution in [0.15, 0.2) is 60.7 Å². The average molecular weight is 392 g/mol. The molecule has 1 N–H and O–H groups in total. The van der Waals surface area contributed by atoms with Crippen LogP contribution in [0.5, 0.6) is 11.5 Å². The number of amides is 2. The highest BCUT2D eigenvalue weighted by Crippen LogP contribution is 2.27. The lowest BCUT2D eigenvalue weighted by Gasteiger charge is -2.18. The van der Waals surface area contributed by atoms with Gasteiger partial charge in [0.2, 0.25) is 5.91 Å². The van der Waals surface area contributed by atoms with Crippen LogP contribution in [0, 0.1) is 0 Å². The van der Waals surface area contributed by atoms with Gasteiger partial charge in [-0.3, -0.25) is 9.59 Å². The first-order chi connectivity index (χ1) is 14.0. The molecule has 0 radical (unpaired) electrons. The molecule has 6 heteroatoms. The Kier molecular flexibility index (Phi) is 6.34. The number of carbonyl (C=O) groups excluding carboxylic acids is 2. The lowest BCUT2D eigenvalue weighted by atomic mass is 10.1. The van der Waals surface area contributed by atoms with Crippen LogP contribution in [-0.2, 0) is 11.3 Å². The van der Waals surface area contributed by atoms with Crippen LogP contribution in [0.1, 0.15) is 15.9 Å². The van der Waals surface area contributed by atoms with Gasteiger partial charge < -0.3 is 19.7 Å². The van der Waals surface area contributed by atoms with E-state index in [9.17, 15) is 9.59 Å². The van der Waals surface area contributed by atoms with E-state index in [-0.39, 0.29) is 18.4 Å². The molecule has 0 bridgehead atoms. The molecular formula is C23H24N2O4. The van der Waals surface area contributed by atoms with Crippen LogP contribution in [0.3, 0.4) is 0 Å². The molecule has 0 aliphatic rings. The van der Waals surface area contributed by atoms with Gasteiger partial charge in [0.05, 0.1) is 20.8 Å². The van der Waals surface area contributed by atoms with Gasteiger partial charge in [-0.15, -0.1) is 0 Å². The summed E-state index contributed by atoms with van der Waals surface area (Å²) in [5.41, 5.74) is 1.43. The standard InChI is InChI=1S/C23H24N2O4/c1-25(15-16-8-9-17-6-4-5-7-18(17)12-16)22(26)14-24-23(27)19-10-11-20(28-2)21(13-19)29-3/h4-13H,14-15H2,1-3H3,(H,24,27). The van der Waals surface area contributed by atoms with E-state index in [1.165, 1.54) is 14.2 Å². The third-order valence-corrected chi connectivity index (χ3v) is 4.71. The lowest BCUT2D eigenvalue weighted by Crippen LogP contribution is -2.37. The lowest BCUT2D eigenvalue weighted by molar-refractivity contribution is -0.129. The molecule has 3 aromatic carbocycles. The number of methoxy groups -OCH3 is 2. The fraction of sp³-hybridized carbons (Fsp3) is 0.217. The fourth-order valence-electron chi connectivity index (χ4n) is 3.07. The first-order valence-electron chi connectivity index (χ1n) is 9.23. The van der Waals surface area contributed by atoms with Crippen molar-refractivity contribution in [3.63, 3.8) is 0 Å². The zero-order chi connectivity index (χ0) is 20.8. The highest BCUT2D eigenvalue weighted by molar-refractivity contribution is 5.97. The van der Waals surface area contributed by atoms with Crippen LogP contribution in [-0.4, -0.2) is 44.5 Å². The summed E-state index contributed by atoms with van der Waals surface area (Å²) in [5.74, 6) is 0.473. The highest BCUT2D eigenvalue weighted by Gasteiger charge is 2.14. The summed E-state index contributed by atoms with van der Waals surface area (Å²) in [7, 11) is 4.76. The van der Waals surface area contributed by atoms with E-state index >= 15 is 0 Å². The van der Waals surface area contributed by atoms with Gasteiger partial charge in [0.15, 0.2) is 11.5 Å². The average Bonchev–Trinajstić information content (AvgIpc) is 2.76.